The van der Waals surface area contributed by atoms with Crippen molar-refractivity contribution < 1.29 is 0 Å². The van der Waals surface area contributed by atoms with Gasteiger partial charge in [-0.25, -0.2) is 9.97 Å². The zero-order valence-corrected chi connectivity index (χ0v) is 11.2. The highest BCUT2D eigenvalue weighted by Crippen LogP contribution is 2.16. The zero-order chi connectivity index (χ0) is 13.9. The number of pyridine rings is 1. The molecule has 0 aliphatic heterocycles. The lowest BCUT2D eigenvalue weighted by atomic mass is 10.2. The van der Waals surface area contributed by atoms with Crippen molar-refractivity contribution in [2.75, 3.05) is 17.7 Å². The van der Waals surface area contributed by atoms with Gasteiger partial charge in [0.05, 0.1) is 0 Å². The summed E-state index contributed by atoms with van der Waals surface area (Å²) in [6, 6.07) is 11.7. The van der Waals surface area contributed by atoms with E-state index in [1.807, 2.05) is 43.4 Å². The topological polar surface area (TPSA) is 67.9 Å². The fourth-order valence-corrected chi connectivity index (χ4v) is 2.10. The van der Waals surface area contributed by atoms with Crippen molar-refractivity contribution in [1.29, 1.82) is 0 Å². The van der Waals surface area contributed by atoms with Gasteiger partial charge in [0.25, 0.3) is 0 Å². The summed E-state index contributed by atoms with van der Waals surface area (Å²) in [6.07, 6.45) is 3.32. The minimum Gasteiger partial charge on any atom is -0.399 e. The Morgan fingerprint density at radius 3 is 2.80 bits per heavy atom. The predicted octanol–water partition coefficient (Wildman–Crippen LogP) is 2.24. The summed E-state index contributed by atoms with van der Waals surface area (Å²) in [5, 5.41) is 0. The fraction of sp³-hybridized carbons (Fsp3) is 0.133. The normalized spacial score (nSPS) is 10.7. The van der Waals surface area contributed by atoms with E-state index in [9.17, 15) is 0 Å². The van der Waals surface area contributed by atoms with E-state index in [1.165, 1.54) is 0 Å². The molecule has 0 radical (unpaired) electrons. The molecule has 0 atom stereocenters. The molecule has 1 aromatic carbocycles. The van der Waals surface area contributed by atoms with Gasteiger partial charge in [-0.15, -0.1) is 0 Å². The number of aromatic nitrogens is 3. The molecule has 0 unspecified atom stereocenters. The van der Waals surface area contributed by atoms with Gasteiger partial charge in [-0.05, 0) is 29.8 Å². The van der Waals surface area contributed by atoms with Crippen LogP contribution in [0.25, 0.3) is 11.2 Å². The number of rotatable bonds is 3. The van der Waals surface area contributed by atoms with Gasteiger partial charge >= 0.3 is 0 Å². The Labute approximate surface area is 117 Å². The SMILES string of the molecule is CN(Cc1cccc(N)c1)c1ccc2nccnc2n1. The first-order valence-electron chi connectivity index (χ1n) is 6.36. The first kappa shape index (κ1) is 12.3. The Bertz CT molecular complexity index is 741. The molecule has 0 aliphatic rings. The molecule has 5 heteroatoms. The van der Waals surface area contributed by atoms with Crippen LogP contribution in [-0.2, 0) is 6.54 Å². The minimum absolute atomic E-state index is 0.657. The van der Waals surface area contributed by atoms with Crippen LogP contribution in [0.1, 0.15) is 5.56 Å². The molecule has 0 aliphatic carbocycles. The van der Waals surface area contributed by atoms with Crippen LogP contribution in [0, 0.1) is 0 Å². The molecule has 0 saturated heterocycles. The number of nitrogens with zero attached hydrogens (tertiary/aromatic N) is 4. The van der Waals surface area contributed by atoms with Gasteiger partial charge in [-0.2, -0.15) is 0 Å². The van der Waals surface area contributed by atoms with Crippen LogP contribution in [0.4, 0.5) is 11.5 Å². The number of anilines is 2. The standard InChI is InChI=1S/C15H15N5/c1-20(10-11-3-2-4-12(16)9-11)14-6-5-13-15(19-14)18-8-7-17-13/h2-9H,10,16H2,1H3. The molecule has 5 nitrogen and oxygen atoms in total. The molecule has 2 aromatic heterocycles. The molecular formula is C15H15N5. The van der Waals surface area contributed by atoms with E-state index < -0.39 is 0 Å². The molecule has 2 heterocycles. The Balaban J connectivity index is 1.86. The maximum absolute atomic E-state index is 5.79. The highest BCUT2D eigenvalue weighted by atomic mass is 15.2. The summed E-state index contributed by atoms with van der Waals surface area (Å²) >= 11 is 0. The lowest BCUT2D eigenvalue weighted by Crippen LogP contribution is -2.17. The van der Waals surface area contributed by atoms with E-state index in [-0.39, 0.29) is 0 Å². The van der Waals surface area contributed by atoms with Crippen molar-refractivity contribution in [2.24, 2.45) is 0 Å². The first-order chi connectivity index (χ1) is 9.72. The lowest BCUT2D eigenvalue weighted by molar-refractivity contribution is 0.901. The van der Waals surface area contributed by atoms with Crippen LogP contribution in [0.5, 0.6) is 0 Å². The molecular weight excluding hydrogens is 250 g/mol. The molecule has 20 heavy (non-hydrogen) atoms. The Hall–Kier alpha value is -2.69. The molecule has 0 spiro atoms. The van der Waals surface area contributed by atoms with Gasteiger partial charge in [0.15, 0.2) is 5.65 Å². The molecule has 0 bridgehead atoms. The summed E-state index contributed by atoms with van der Waals surface area (Å²) in [5.41, 5.74) is 9.17. The van der Waals surface area contributed by atoms with Crippen LogP contribution in [-0.4, -0.2) is 22.0 Å². The lowest BCUT2D eigenvalue weighted by Gasteiger charge is -2.18. The highest BCUT2D eigenvalue weighted by molar-refractivity contribution is 5.71. The quantitative estimate of drug-likeness (QED) is 0.736. The van der Waals surface area contributed by atoms with Crippen molar-refractivity contribution >= 4 is 22.7 Å². The van der Waals surface area contributed by atoms with Gasteiger partial charge in [0, 0.05) is 31.7 Å². The number of fused-ring (bicyclic) bond motifs is 1. The van der Waals surface area contributed by atoms with Gasteiger partial charge in [-0.1, -0.05) is 12.1 Å². The monoisotopic (exact) mass is 265 g/mol. The number of benzene rings is 1. The maximum Gasteiger partial charge on any atom is 0.180 e. The third-order valence-corrected chi connectivity index (χ3v) is 3.08. The van der Waals surface area contributed by atoms with Gasteiger partial charge < -0.3 is 10.6 Å². The summed E-state index contributed by atoms with van der Waals surface area (Å²) in [5.74, 6) is 0.862. The van der Waals surface area contributed by atoms with Crippen molar-refractivity contribution in [1.82, 2.24) is 15.0 Å². The highest BCUT2D eigenvalue weighted by Gasteiger charge is 2.06. The Morgan fingerprint density at radius 2 is 1.95 bits per heavy atom. The van der Waals surface area contributed by atoms with Crippen LogP contribution in [0.15, 0.2) is 48.8 Å². The largest absolute Gasteiger partial charge is 0.399 e. The number of nitrogens with two attached hydrogens (primary N) is 1. The summed E-state index contributed by atoms with van der Waals surface area (Å²) in [6.45, 7) is 0.740. The fourth-order valence-electron chi connectivity index (χ4n) is 2.10. The average Bonchev–Trinajstić information content (AvgIpc) is 2.47. The van der Waals surface area contributed by atoms with Crippen molar-refractivity contribution in [3.63, 3.8) is 0 Å². The van der Waals surface area contributed by atoms with Crippen molar-refractivity contribution in [3.8, 4) is 0 Å². The van der Waals surface area contributed by atoms with Gasteiger partial charge in [0.1, 0.15) is 11.3 Å². The maximum atomic E-state index is 5.79. The summed E-state index contributed by atoms with van der Waals surface area (Å²) in [7, 11) is 1.99. The minimum atomic E-state index is 0.657. The third kappa shape index (κ3) is 2.51. The molecule has 3 rings (SSSR count). The number of hydrogen-bond acceptors (Lipinski definition) is 5. The molecule has 3 aromatic rings. The molecule has 2 N–H and O–H groups in total. The molecule has 0 amide bonds. The molecule has 0 fully saturated rings. The second-order valence-electron chi connectivity index (χ2n) is 4.67. The van der Waals surface area contributed by atoms with E-state index in [0.29, 0.717) is 5.65 Å². The van der Waals surface area contributed by atoms with Gasteiger partial charge in [0.2, 0.25) is 0 Å². The van der Waals surface area contributed by atoms with Crippen LogP contribution in [0.2, 0.25) is 0 Å². The Kier molecular flexibility index (Phi) is 3.16. The number of nitrogen functional groups attached to an aromatic ring is 1. The summed E-state index contributed by atoms with van der Waals surface area (Å²) in [4.78, 5) is 15.0. The van der Waals surface area contributed by atoms with E-state index in [2.05, 4.69) is 19.9 Å². The molecule has 0 saturated carbocycles. The van der Waals surface area contributed by atoms with Crippen molar-refractivity contribution in [2.45, 2.75) is 6.54 Å². The average molecular weight is 265 g/mol. The Morgan fingerprint density at radius 1 is 1.10 bits per heavy atom. The van der Waals surface area contributed by atoms with E-state index in [4.69, 9.17) is 5.73 Å². The predicted molar refractivity (Wildman–Crippen MR) is 80.3 cm³/mol. The zero-order valence-electron chi connectivity index (χ0n) is 11.2. The third-order valence-electron chi connectivity index (χ3n) is 3.08. The van der Waals surface area contributed by atoms with Crippen LogP contribution in [0.3, 0.4) is 0 Å². The smallest absolute Gasteiger partial charge is 0.180 e. The van der Waals surface area contributed by atoms with Crippen LogP contribution >= 0.6 is 0 Å². The summed E-state index contributed by atoms with van der Waals surface area (Å²) < 4.78 is 0. The van der Waals surface area contributed by atoms with Gasteiger partial charge in [-0.3, -0.25) is 4.98 Å². The van der Waals surface area contributed by atoms with E-state index >= 15 is 0 Å². The second-order valence-corrected chi connectivity index (χ2v) is 4.67. The van der Waals surface area contributed by atoms with Crippen LogP contribution < -0.4 is 10.6 Å². The molecule has 100 valence electrons. The second kappa shape index (κ2) is 5.13. The van der Waals surface area contributed by atoms with Crippen molar-refractivity contribution in [3.05, 3.63) is 54.4 Å². The number of hydrogen-bond donors (Lipinski definition) is 1. The first-order valence-corrected chi connectivity index (χ1v) is 6.36. The van der Waals surface area contributed by atoms with E-state index in [0.717, 1.165) is 29.1 Å². The van der Waals surface area contributed by atoms with E-state index in [1.54, 1.807) is 12.4 Å².